The molecule has 11 rings (SSSR count). The minimum atomic E-state index is -3.25. The highest BCUT2D eigenvalue weighted by molar-refractivity contribution is 7.20. The topological polar surface area (TPSA) is 9.86 Å². The van der Waals surface area contributed by atoms with Gasteiger partial charge in [0.05, 0.1) is 34.4 Å². The number of nitrogens with zero attached hydrogens (tertiary/aromatic N) is 2. The van der Waals surface area contributed by atoms with Crippen LogP contribution in [0.3, 0.4) is 0 Å². The zero-order chi connectivity index (χ0) is 45.6. The first-order valence-electron chi connectivity index (χ1n) is 23.5. The van der Waals surface area contributed by atoms with E-state index in [-0.39, 0.29) is 16.8 Å². The standard InChI is InChI=1S/C54H38N2Si/c1-5-18-39(19-6-1)40-32-34-41(35-33-40)55-51-37-36-42(56-49-28-15-13-26-46(49)47-27-14-16-29-50(47)56)38-48(51)54-52(55)30-17-31-53(54)57(43-20-7-2-8-21-43,44-22-9-3-10-23-44)45-24-11-4-12-25-45/h1-38H/i1D,5D,6D,18D,19D,32D,33D,34D,35D. The van der Waals surface area contributed by atoms with Gasteiger partial charge in [-0.2, -0.15) is 0 Å². The Hall–Kier alpha value is -7.20. The molecule has 0 radical (unpaired) electrons. The van der Waals surface area contributed by atoms with Crippen molar-refractivity contribution in [3.63, 3.8) is 0 Å². The molecule has 268 valence electrons. The van der Waals surface area contributed by atoms with E-state index in [9.17, 15) is 5.48 Å². The third-order valence-corrected chi connectivity index (χ3v) is 16.0. The smallest absolute Gasteiger partial charge is 0.180 e. The Labute approximate surface area is 345 Å². The summed E-state index contributed by atoms with van der Waals surface area (Å²) >= 11 is 0. The molecule has 0 N–H and O–H groups in total. The summed E-state index contributed by atoms with van der Waals surface area (Å²) in [6, 6.07) is 55.9. The maximum absolute atomic E-state index is 9.70. The number of hydrogen-bond donors (Lipinski definition) is 0. The van der Waals surface area contributed by atoms with Crippen LogP contribution in [0.1, 0.15) is 12.3 Å². The second kappa shape index (κ2) is 13.5. The lowest BCUT2D eigenvalue weighted by molar-refractivity contribution is 1.17. The molecule has 0 atom stereocenters. The van der Waals surface area contributed by atoms with Crippen LogP contribution in [0, 0.1) is 0 Å². The first kappa shape index (κ1) is 25.1. The number of fused-ring (bicyclic) bond motifs is 6. The molecule has 0 spiro atoms. The van der Waals surface area contributed by atoms with Crippen LogP contribution in [0.15, 0.2) is 230 Å². The summed E-state index contributed by atoms with van der Waals surface area (Å²) in [5.74, 6) is 0. The van der Waals surface area contributed by atoms with Crippen LogP contribution >= 0.6 is 0 Å². The van der Waals surface area contributed by atoms with Crippen molar-refractivity contribution in [1.29, 1.82) is 0 Å². The fourth-order valence-corrected chi connectivity index (χ4v) is 13.9. The van der Waals surface area contributed by atoms with Crippen molar-refractivity contribution in [2.45, 2.75) is 0 Å². The molecule has 2 nitrogen and oxygen atoms in total. The summed E-state index contributed by atoms with van der Waals surface area (Å²) in [6.45, 7) is 0. The van der Waals surface area contributed by atoms with Gasteiger partial charge in [0.15, 0.2) is 8.07 Å². The molecule has 0 aliphatic rings. The van der Waals surface area contributed by atoms with E-state index in [1.807, 2.05) is 71.3 Å². The summed E-state index contributed by atoms with van der Waals surface area (Å²) in [4.78, 5) is 0. The Morgan fingerprint density at radius 3 is 1.40 bits per heavy atom. The van der Waals surface area contributed by atoms with Gasteiger partial charge in [-0.15, -0.1) is 0 Å². The molecule has 0 aliphatic carbocycles. The third kappa shape index (κ3) is 5.17. The third-order valence-electron chi connectivity index (χ3n) is 11.2. The molecule has 0 bridgehead atoms. The Morgan fingerprint density at radius 2 is 0.825 bits per heavy atom. The second-order valence-corrected chi connectivity index (χ2v) is 17.9. The highest BCUT2D eigenvalue weighted by Gasteiger charge is 2.43. The first-order chi connectivity index (χ1) is 32.0. The van der Waals surface area contributed by atoms with Crippen molar-refractivity contribution >= 4 is 72.4 Å². The number of rotatable bonds is 7. The zero-order valence-corrected chi connectivity index (χ0v) is 31.6. The maximum Gasteiger partial charge on any atom is 0.180 e. The Bertz CT molecular complexity index is 3550. The van der Waals surface area contributed by atoms with Crippen LogP contribution in [-0.4, -0.2) is 17.2 Å². The molecule has 9 aromatic carbocycles. The normalized spacial score (nSPS) is 14.1. The van der Waals surface area contributed by atoms with Crippen molar-refractivity contribution in [2.24, 2.45) is 0 Å². The van der Waals surface area contributed by atoms with Gasteiger partial charge in [0, 0.05) is 32.9 Å². The molecule has 57 heavy (non-hydrogen) atoms. The average Bonchev–Trinajstić information content (AvgIpc) is 3.87. The van der Waals surface area contributed by atoms with Crippen molar-refractivity contribution < 1.29 is 12.3 Å². The molecule has 11 aromatic rings. The predicted molar refractivity (Wildman–Crippen MR) is 244 cm³/mol. The second-order valence-electron chi connectivity index (χ2n) is 14.2. The molecule has 3 heteroatoms. The van der Waals surface area contributed by atoms with Gasteiger partial charge < -0.3 is 9.13 Å². The summed E-state index contributed by atoms with van der Waals surface area (Å²) in [7, 11) is -3.25. The van der Waals surface area contributed by atoms with Gasteiger partial charge in [-0.25, -0.2) is 0 Å². The highest BCUT2D eigenvalue weighted by atomic mass is 28.3. The summed E-state index contributed by atoms with van der Waals surface area (Å²) in [6.07, 6.45) is 0. The lowest BCUT2D eigenvalue weighted by Crippen LogP contribution is -2.74. The van der Waals surface area contributed by atoms with E-state index in [0.29, 0.717) is 11.0 Å². The van der Waals surface area contributed by atoms with Crippen LogP contribution in [0.5, 0.6) is 0 Å². The fourth-order valence-electron chi connectivity index (χ4n) is 8.90. The van der Waals surface area contributed by atoms with E-state index in [0.717, 1.165) is 59.0 Å². The largest absolute Gasteiger partial charge is 0.309 e. The first-order valence-corrected chi connectivity index (χ1v) is 21.0. The molecule has 0 saturated heterocycles. The summed E-state index contributed by atoms with van der Waals surface area (Å²) in [5.41, 5.74) is 3.52. The Kier molecular flexibility index (Phi) is 5.94. The van der Waals surface area contributed by atoms with Crippen molar-refractivity contribution in [3.05, 3.63) is 230 Å². The monoisotopic (exact) mass is 751 g/mol. The van der Waals surface area contributed by atoms with E-state index in [4.69, 9.17) is 6.85 Å². The van der Waals surface area contributed by atoms with Crippen molar-refractivity contribution in [2.75, 3.05) is 0 Å². The van der Waals surface area contributed by atoms with Crippen LogP contribution in [0.4, 0.5) is 0 Å². The van der Waals surface area contributed by atoms with E-state index >= 15 is 0 Å². The molecule has 0 unspecified atom stereocenters. The van der Waals surface area contributed by atoms with Crippen molar-refractivity contribution in [1.82, 2.24) is 9.13 Å². The van der Waals surface area contributed by atoms with E-state index in [1.165, 1.54) is 0 Å². The fraction of sp³-hybridized carbons (Fsp3) is 0. The predicted octanol–water partition coefficient (Wildman–Crippen LogP) is 10.9. The average molecular weight is 752 g/mol. The van der Waals surface area contributed by atoms with Gasteiger partial charge in [0.25, 0.3) is 0 Å². The number of para-hydroxylation sites is 2. The number of benzene rings is 9. The summed E-state index contributed by atoms with van der Waals surface area (Å²) in [5, 5.41) is 8.49. The molecular weight excluding hydrogens is 705 g/mol. The van der Waals surface area contributed by atoms with Crippen LogP contribution in [0.2, 0.25) is 0 Å². The van der Waals surface area contributed by atoms with Gasteiger partial charge in [0.1, 0.15) is 0 Å². The van der Waals surface area contributed by atoms with E-state index in [2.05, 4.69) is 114 Å². The van der Waals surface area contributed by atoms with Crippen molar-refractivity contribution in [3.8, 4) is 22.5 Å². The minimum absolute atomic E-state index is 0.0192. The zero-order valence-electron chi connectivity index (χ0n) is 39.6. The van der Waals surface area contributed by atoms with Crippen LogP contribution in [-0.2, 0) is 0 Å². The van der Waals surface area contributed by atoms with E-state index < -0.39 is 62.5 Å². The molecule has 2 aromatic heterocycles. The van der Waals surface area contributed by atoms with E-state index in [1.54, 1.807) is 0 Å². The lowest BCUT2D eigenvalue weighted by Gasteiger charge is -2.35. The Morgan fingerprint density at radius 1 is 0.351 bits per heavy atom. The molecule has 2 heterocycles. The maximum atomic E-state index is 9.70. The van der Waals surface area contributed by atoms with Crippen LogP contribution < -0.4 is 20.7 Å². The van der Waals surface area contributed by atoms with Gasteiger partial charge in [-0.1, -0.05) is 182 Å². The molecule has 0 aliphatic heterocycles. The van der Waals surface area contributed by atoms with Gasteiger partial charge in [-0.3, -0.25) is 0 Å². The van der Waals surface area contributed by atoms with Gasteiger partial charge >= 0.3 is 0 Å². The minimum Gasteiger partial charge on any atom is -0.309 e. The number of aromatic nitrogens is 2. The van der Waals surface area contributed by atoms with Crippen LogP contribution in [0.25, 0.3) is 66.1 Å². The SMILES string of the molecule is [2H]c1c([2H])c([2H])c(-c2c([2H])c([2H])c(-n3c4ccc(-n5c6ccccc6c6ccccc65)cc4c4c([Si](c5ccccc5)(c5ccccc5)c5ccccc5)cccc43)c([2H])c2[2H])c([2H])c1[2H]. The molecule has 0 amide bonds. The molecular formula is C54H38N2Si. The highest BCUT2D eigenvalue weighted by Crippen LogP contribution is 2.37. The number of hydrogen-bond acceptors (Lipinski definition) is 0. The Balaban J connectivity index is 1.32. The van der Waals surface area contributed by atoms with Gasteiger partial charge in [-0.05, 0) is 80.4 Å². The summed E-state index contributed by atoms with van der Waals surface area (Å²) < 4.78 is 84.7. The van der Waals surface area contributed by atoms with Gasteiger partial charge in [0.2, 0.25) is 0 Å². The molecule has 0 fully saturated rings. The quantitative estimate of drug-likeness (QED) is 0.113. The molecule has 0 saturated carbocycles. The lowest BCUT2D eigenvalue weighted by atomic mass is 10.1.